The fourth-order valence-corrected chi connectivity index (χ4v) is 3.46. The summed E-state index contributed by atoms with van der Waals surface area (Å²) < 4.78 is 5.98. The average molecular weight is 358 g/mol. The van der Waals surface area contributed by atoms with Gasteiger partial charge in [-0.05, 0) is 63.4 Å². The Morgan fingerprint density at radius 2 is 1.76 bits per heavy atom. The van der Waals surface area contributed by atoms with E-state index < -0.39 is 5.60 Å². The first kappa shape index (κ1) is 17.8. The van der Waals surface area contributed by atoms with Gasteiger partial charge < -0.3 is 9.64 Å². The number of carbonyl (C=O) groups excluding carboxylic acids is 1. The van der Waals surface area contributed by atoms with E-state index >= 15 is 0 Å². The summed E-state index contributed by atoms with van der Waals surface area (Å²) in [7, 11) is 0. The summed E-state index contributed by atoms with van der Waals surface area (Å²) >= 11 is 5.92. The van der Waals surface area contributed by atoms with Crippen molar-refractivity contribution in [2.24, 2.45) is 0 Å². The van der Waals surface area contributed by atoms with Crippen molar-refractivity contribution in [2.45, 2.75) is 45.3 Å². The summed E-state index contributed by atoms with van der Waals surface area (Å²) in [5.74, 6) is 0.666. The third-order valence-corrected chi connectivity index (χ3v) is 4.93. The molecule has 0 aromatic heterocycles. The van der Waals surface area contributed by atoms with E-state index in [1.165, 1.54) is 11.1 Å². The molecule has 0 radical (unpaired) electrons. The van der Waals surface area contributed by atoms with Crippen LogP contribution in [0.3, 0.4) is 0 Å². The van der Waals surface area contributed by atoms with Gasteiger partial charge in [0.1, 0.15) is 5.75 Å². The Labute approximate surface area is 154 Å². The molecule has 1 fully saturated rings. The van der Waals surface area contributed by atoms with Gasteiger partial charge in [0, 0.05) is 11.6 Å². The van der Waals surface area contributed by atoms with Crippen molar-refractivity contribution in [1.82, 2.24) is 4.90 Å². The summed E-state index contributed by atoms with van der Waals surface area (Å²) in [6.07, 6.45) is 2.01. The average Bonchev–Trinajstić information content (AvgIpc) is 3.06. The van der Waals surface area contributed by atoms with Crippen LogP contribution in [0.4, 0.5) is 0 Å². The van der Waals surface area contributed by atoms with E-state index in [1.807, 2.05) is 18.7 Å². The molecule has 1 saturated heterocycles. The van der Waals surface area contributed by atoms with E-state index in [-0.39, 0.29) is 11.9 Å². The molecular weight excluding hydrogens is 334 g/mol. The number of halogens is 1. The number of likely N-dealkylation sites (tertiary alicyclic amines) is 1. The molecule has 1 aliphatic heterocycles. The molecule has 1 aliphatic rings. The maximum Gasteiger partial charge on any atom is 0.266 e. The topological polar surface area (TPSA) is 29.5 Å². The molecule has 0 bridgehead atoms. The third-order valence-electron chi connectivity index (χ3n) is 4.68. The number of rotatable bonds is 4. The van der Waals surface area contributed by atoms with Crippen molar-refractivity contribution in [3.05, 3.63) is 64.7 Å². The number of amides is 1. The lowest BCUT2D eigenvalue weighted by molar-refractivity contribution is -0.146. The highest BCUT2D eigenvalue weighted by molar-refractivity contribution is 6.30. The normalized spacial score (nSPS) is 17.6. The zero-order chi connectivity index (χ0) is 18.0. The van der Waals surface area contributed by atoms with E-state index in [9.17, 15) is 4.79 Å². The molecule has 1 atom stereocenters. The first-order chi connectivity index (χ1) is 11.9. The van der Waals surface area contributed by atoms with Crippen LogP contribution in [0.15, 0.2) is 48.5 Å². The fourth-order valence-electron chi connectivity index (χ4n) is 3.33. The number of ether oxygens (including phenoxy) is 1. The Bertz CT molecular complexity index is 737. The van der Waals surface area contributed by atoms with Gasteiger partial charge in [-0.1, -0.05) is 41.4 Å². The summed E-state index contributed by atoms with van der Waals surface area (Å²) in [5.41, 5.74) is 1.49. The molecule has 1 heterocycles. The molecule has 0 N–H and O–H groups in total. The van der Waals surface area contributed by atoms with Gasteiger partial charge in [0.15, 0.2) is 5.60 Å². The first-order valence-corrected chi connectivity index (χ1v) is 9.07. The van der Waals surface area contributed by atoms with Gasteiger partial charge in [-0.25, -0.2) is 0 Å². The van der Waals surface area contributed by atoms with E-state index in [1.54, 1.807) is 24.3 Å². The zero-order valence-corrected chi connectivity index (χ0v) is 15.7. The number of aryl methyl sites for hydroxylation is 1. The Balaban J connectivity index is 1.77. The van der Waals surface area contributed by atoms with Crippen LogP contribution in [0.1, 0.15) is 43.9 Å². The largest absolute Gasteiger partial charge is 0.478 e. The molecule has 3 nitrogen and oxygen atoms in total. The van der Waals surface area contributed by atoms with Crippen LogP contribution >= 0.6 is 11.6 Å². The highest BCUT2D eigenvalue weighted by Crippen LogP contribution is 2.34. The van der Waals surface area contributed by atoms with Gasteiger partial charge in [0.2, 0.25) is 0 Å². The van der Waals surface area contributed by atoms with Crippen molar-refractivity contribution in [1.29, 1.82) is 0 Å². The highest BCUT2D eigenvalue weighted by atomic mass is 35.5. The molecule has 1 amide bonds. The molecule has 4 heteroatoms. The van der Waals surface area contributed by atoms with E-state index in [2.05, 4.69) is 31.2 Å². The Hall–Kier alpha value is -2.00. The van der Waals surface area contributed by atoms with Gasteiger partial charge >= 0.3 is 0 Å². The predicted molar refractivity (Wildman–Crippen MR) is 101 cm³/mol. The van der Waals surface area contributed by atoms with Gasteiger partial charge in [-0.15, -0.1) is 0 Å². The SMILES string of the molecule is Cc1ccc([C@@H]2CCCN2C(=O)C(C)(C)Oc2ccc(Cl)cc2)cc1. The minimum absolute atomic E-state index is 0.0190. The second kappa shape index (κ2) is 7.09. The predicted octanol–water partition coefficient (Wildman–Crippen LogP) is 5.17. The minimum atomic E-state index is -0.929. The monoisotopic (exact) mass is 357 g/mol. The molecule has 0 saturated carbocycles. The molecule has 3 rings (SSSR count). The molecule has 132 valence electrons. The van der Waals surface area contributed by atoms with Crippen LogP contribution in [-0.2, 0) is 4.79 Å². The molecular formula is C21H24ClNO2. The maximum atomic E-state index is 13.2. The second-order valence-electron chi connectivity index (χ2n) is 7.13. The van der Waals surface area contributed by atoms with Crippen LogP contribution in [0.5, 0.6) is 5.75 Å². The Kier molecular flexibility index (Phi) is 5.05. The number of hydrogen-bond donors (Lipinski definition) is 0. The highest BCUT2D eigenvalue weighted by Gasteiger charge is 2.39. The molecule has 2 aromatic rings. The van der Waals surface area contributed by atoms with Crippen molar-refractivity contribution in [3.63, 3.8) is 0 Å². The van der Waals surface area contributed by atoms with E-state index in [0.717, 1.165) is 19.4 Å². The zero-order valence-electron chi connectivity index (χ0n) is 15.0. The summed E-state index contributed by atoms with van der Waals surface area (Å²) in [6.45, 7) is 6.50. The van der Waals surface area contributed by atoms with E-state index in [0.29, 0.717) is 10.8 Å². The summed E-state index contributed by atoms with van der Waals surface area (Å²) in [6, 6.07) is 15.7. The standard InChI is InChI=1S/C21H24ClNO2/c1-15-6-8-16(9-7-15)19-5-4-14-23(19)20(24)21(2,3)25-18-12-10-17(22)11-13-18/h6-13,19H,4-5,14H2,1-3H3/t19-/m0/s1. The Morgan fingerprint density at radius 3 is 2.40 bits per heavy atom. The molecule has 0 unspecified atom stereocenters. The van der Waals surface area contributed by atoms with Gasteiger partial charge in [-0.3, -0.25) is 4.79 Å². The van der Waals surface area contributed by atoms with Crippen LogP contribution in [0, 0.1) is 6.92 Å². The molecule has 2 aromatic carbocycles. The van der Waals surface area contributed by atoms with Crippen molar-refractivity contribution < 1.29 is 9.53 Å². The summed E-state index contributed by atoms with van der Waals surface area (Å²) in [5, 5.41) is 0.649. The lowest BCUT2D eigenvalue weighted by Gasteiger charge is -2.33. The van der Waals surface area contributed by atoms with E-state index in [4.69, 9.17) is 16.3 Å². The molecule has 25 heavy (non-hydrogen) atoms. The fraction of sp³-hybridized carbons (Fsp3) is 0.381. The van der Waals surface area contributed by atoms with Crippen molar-refractivity contribution >= 4 is 17.5 Å². The van der Waals surface area contributed by atoms with Crippen LogP contribution in [0.25, 0.3) is 0 Å². The third kappa shape index (κ3) is 3.98. The first-order valence-electron chi connectivity index (χ1n) is 8.69. The van der Waals surface area contributed by atoms with Gasteiger partial charge in [0.05, 0.1) is 6.04 Å². The molecule has 0 spiro atoms. The summed E-state index contributed by atoms with van der Waals surface area (Å²) in [4.78, 5) is 15.1. The number of carbonyl (C=O) groups is 1. The van der Waals surface area contributed by atoms with Gasteiger partial charge in [-0.2, -0.15) is 0 Å². The van der Waals surface area contributed by atoms with Gasteiger partial charge in [0.25, 0.3) is 5.91 Å². The lowest BCUT2D eigenvalue weighted by Crippen LogP contribution is -2.48. The number of hydrogen-bond acceptors (Lipinski definition) is 2. The quantitative estimate of drug-likeness (QED) is 0.755. The maximum absolute atomic E-state index is 13.2. The smallest absolute Gasteiger partial charge is 0.266 e. The lowest BCUT2D eigenvalue weighted by atomic mass is 10.0. The van der Waals surface area contributed by atoms with Crippen LogP contribution < -0.4 is 4.74 Å². The second-order valence-corrected chi connectivity index (χ2v) is 7.57. The Morgan fingerprint density at radius 1 is 1.12 bits per heavy atom. The van der Waals surface area contributed by atoms with Crippen molar-refractivity contribution in [2.75, 3.05) is 6.54 Å². The van der Waals surface area contributed by atoms with Crippen molar-refractivity contribution in [3.8, 4) is 5.75 Å². The number of benzene rings is 2. The number of nitrogens with zero attached hydrogens (tertiary/aromatic N) is 1. The molecule has 0 aliphatic carbocycles. The minimum Gasteiger partial charge on any atom is -0.478 e. The van der Waals surface area contributed by atoms with Crippen LogP contribution in [-0.4, -0.2) is 23.0 Å². The van der Waals surface area contributed by atoms with Crippen LogP contribution in [0.2, 0.25) is 5.02 Å².